The van der Waals surface area contributed by atoms with E-state index < -0.39 is 0 Å². The van der Waals surface area contributed by atoms with Crippen molar-refractivity contribution in [2.75, 3.05) is 0 Å². The van der Waals surface area contributed by atoms with Gasteiger partial charge in [-0.2, -0.15) is 10.2 Å². The Bertz CT molecular complexity index is 1200. The minimum atomic E-state index is -0.389. The van der Waals surface area contributed by atoms with Gasteiger partial charge in [-0.05, 0) is 29.8 Å². The number of para-hydroxylation sites is 1. The molecule has 0 aliphatic heterocycles. The van der Waals surface area contributed by atoms with Crippen molar-refractivity contribution in [3.63, 3.8) is 0 Å². The molecule has 6 nitrogen and oxygen atoms in total. The second-order valence-corrected chi connectivity index (χ2v) is 7.06. The number of aromatic nitrogens is 2. The molecule has 0 unspecified atom stereocenters. The van der Waals surface area contributed by atoms with Gasteiger partial charge in [0.15, 0.2) is 0 Å². The third-order valence-corrected chi connectivity index (χ3v) is 4.87. The average molecular weight is 431 g/mol. The quantitative estimate of drug-likeness (QED) is 0.317. The van der Waals surface area contributed by atoms with Crippen LogP contribution in [0.5, 0.6) is 5.75 Å². The maximum atomic E-state index is 12.4. The molecule has 2 N–H and O–H groups in total. The summed E-state index contributed by atoms with van der Waals surface area (Å²) < 4.78 is 5.98. The Morgan fingerprint density at radius 3 is 2.61 bits per heavy atom. The Labute approximate surface area is 184 Å². The molecule has 0 aliphatic carbocycles. The molecule has 0 spiro atoms. The first-order valence-corrected chi connectivity index (χ1v) is 9.98. The number of hydrogen-bond acceptors (Lipinski definition) is 4. The molecule has 31 heavy (non-hydrogen) atoms. The van der Waals surface area contributed by atoms with Gasteiger partial charge in [-0.25, -0.2) is 5.43 Å². The van der Waals surface area contributed by atoms with Gasteiger partial charge in [-0.3, -0.25) is 9.89 Å². The van der Waals surface area contributed by atoms with Crippen molar-refractivity contribution >= 4 is 23.7 Å². The standard InChI is InChI=1S/C24H19ClN4O2/c25-20-12-6-4-10-18(20)16-31-23-13-7-5-11-19(23)21-14-22(28-27-21)24(30)29-26-15-17-8-2-1-3-9-17/h1-15H,16H2,(H,27,28)(H,29,30)/b26-15+. The van der Waals surface area contributed by atoms with Gasteiger partial charge in [0.1, 0.15) is 18.1 Å². The Kier molecular flexibility index (Phi) is 6.40. The molecule has 0 atom stereocenters. The van der Waals surface area contributed by atoms with Crippen molar-refractivity contribution in [2.45, 2.75) is 6.61 Å². The lowest BCUT2D eigenvalue weighted by molar-refractivity contribution is 0.0950. The summed E-state index contributed by atoms with van der Waals surface area (Å²) in [7, 11) is 0. The fraction of sp³-hybridized carbons (Fsp3) is 0.0417. The van der Waals surface area contributed by atoms with Crippen molar-refractivity contribution in [1.29, 1.82) is 0 Å². The van der Waals surface area contributed by atoms with E-state index in [0.717, 1.165) is 16.7 Å². The van der Waals surface area contributed by atoms with E-state index in [1.54, 1.807) is 12.3 Å². The number of H-pyrrole nitrogens is 1. The lowest BCUT2D eigenvalue weighted by Crippen LogP contribution is -2.17. The van der Waals surface area contributed by atoms with E-state index in [-0.39, 0.29) is 5.91 Å². The molecule has 0 fully saturated rings. The molecule has 154 valence electrons. The predicted octanol–water partition coefficient (Wildman–Crippen LogP) is 5.07. The molecule has 0 aliphatic rings. The average Bonchev–Trinajstić information content (AvgIpc) is 3.30. The molecule has 3 aromatic carbocycles. The lowest BCUT2D eigenvalue weighted by Gasteiger charge is -2.11. The molecule has 0 radical (unpaired) electrons. The number of benzene rings is 3. The third-order valence-electron chi connectivity index (χ3n) is 4.51. The van der Waals surface area contributed by atoms with E-state index >= 15 is 0 Å². The molecular formula is C24H19ClN4O2. The first kappa shape index (κ1) is 20.4. The molecule has 4 rings (SSSR count). The number of halogens is 1. The summed E-state index contributed by atoms with van der Waals surface area (Å²) in [4.78, 5) is 12.4. The lowest BCUT2D eigenvalue weighted by atomic mass is 10.1. The Morgan fingerprint density at radius 2 is 1.77 bits per heavy atom. The summed E-state index contributed by atoms with van der Waals surface area (Å²) >= 11 is 6.21. The number of hydrogen-bond donors (Lipinski definition) is 2. The van der Waals surface area contributed by atoms with Crippen LogP contribution in [-0.4, -0.2) is 22.3 Å². The van der Waals surface area contributed by atoms with E-state index in [0.29, 0.717) is 28.8 Å². The summed E-state index contributed by atoms with van der Waals surface area (Å²) in [5.41, 5.74) is 5.91. The Hall–Kier alpha value is -3.90. The Balaban J connectivity index is 1.45. The van der Waals surface area contributed by atoms with Crippen LogP contribution in [0, 0.1) is 0 Å². The fourth-order valence-electron chi connectivity index (χ4n) is 2.92. The monoisotopic (exact) mass is 430 g/mol. The molecule has 1 amide bonds. The first-order chi connectivity index (χ1) is 15.2. The normalized spacial score (nSPS) is 10.9. The van der Waals surface area contributed by atoms with Crippen LogP contribution in [-0.2, 0) is 6.61 Å². The van der Waals surface area contributed by atoms with Crippen molar-refractivity contribution < 1.29 is 9.53 Å². The smallest absolute Gasteiger partial charge is 0.289 e. The number of rotatable bonds is 7. The summed E-state index contributed by atoms with van der Waals surface area (Å²) in [6, 6.07) is 26.2. The predicted molar refractivity (Wildman–Crippen MR) is 121 cm³/mol. The van der Waals surface area contributed by atoms with Gasteiger partial charge in [0, 0.05) is 16.1 Å². The van der Waals surface area contributed by atoms with Gasteiger partial charge in [0.05, 0.1) is 11.9 Å². The summed E-state index contributed by atoms with van der Waals surface area (Å²) in [6.45, 7) is 0.322. The highest BCUT2D eigenvalue weighted by Crippen LogP contribution is 2.30. The maximum Gasteiger partial charge on any atom is 0.289 e. The second kappa shape index (κ2) is 9.73. The highest BCUT2D eigenvalue weighted by atomic mass is 35.5. The SMILES string of the molecule is O=C(N/N=C/c1ccccc1)c1cc(-c2ccccc2OCc2ccccc2Cl)n[nH]1. The van der Waals surface area contributed by atoms with Crippen LogP contribution in [0.2, 0.25) is 5.02 Å². The van der Waals surface area contributed by atoms with E-state index in [4.69, 9.17) is 16.3 Å². The maximum absolute atomic E-state index is 12.4. The zero-order chi connectivity index (χ0) is 21.5. The second-order valence-electron chi connectivity index (χ2n) is 6.65. The number of nitrogens with zero attached hydrogens (tertiary/aromatic N) is 2. The molecule has 1 heterocycles. The molecular weight excluding hydrogens is 412 g/mol. The highest BCUT2D eigenvalue weighted by Gasteiger charge is 2.14. The summed E-state index contributed by atoms with van der Waals surface area (Å²) in [5, 5.41) is 11.6. The molecule has 0 saturated heterocycles. The van der Waals surface area contributed by atoms with Crippen LogP contribution in [0.15, 0.2) is 90.0 Å². The van der Waals surface area contributed by atoms with Gasteiger partial charge in [0.2, 0.25) is 0 Å². The minimum Gasteiger partial charge on any atom is -0.488 e. The van der Waals surface area contributed by atoms with E-state index in [9.17, 15) is 4.79 Å². The van der Waals surface area contributed by atoms with E-state index in [1.165, 1.54) is 0 Å². The van der Waals surface area contributed by atoms with E-state index in [2.05, 4.69) is 20.7 Å². The molecule has 1 aromatic heterocycles. The van der Waals surface area contributed by atoms with Crippen LogP contribution in [0.3, 0.4) is 0 Å². The van der Waals surface area contributed by atoms with Crippen LogP contribution in [0.25, 0.3) is 11.3 Å². The fourth-order valence-corrected chi connectivity index (χ4v) is 3.11. The molecule has 7 heteroatoms. The molecule has 4 aromatic rings. The number of carbonyl (C=O) groups excluding carboxylic acids is 1. The van der Waals surface area contributed by atoms with Crippen LogP contribution in [0.1, 0.15) is 21.6 Å². The van der Waals surface area contributed by atoms with Crippen LogP contribution >= 0.6 is 11.6 Å². The zero-order valence-electron chi connectivity index (χ0n) is 16.5. The number of amides is 1. The van der Waals surface area contributed by atoms with Crippen LogP contribution in [0.4, 0.5) is 0 Å². The van der Waals surface area contributed by atoms with Crippen molar-refractivity contribution in [2.24, 2.45) is 5.10 Å². The van der Waals surface area contributed by atoms with Gasteiger partial charge in [-0.15, -0.1) is 0 Å². The number of ether oxygens (including phenoxy) is 1. The molecule has 0 bridgehead atoms. The third kappa shape index (κ3) is 5.18. The summed E-state index contributed by atoms with van der Waals surface area (Å²) in [5.74, 6) is 0.253. The van der Waals surface area contributed by atoms with Crippen molar-refractivity contribution in [3.05, 3.63) is 107 Å². The number of nitrogens with one attached hydrogen (secondary N) is 2. The number of carbonyl (C=O) groups is 1. The first-order valence-electron chi connectivity index (χ1n) is 9.60. The van der Waals surface area contributed by atoms with Gasteiger partial charge < -0.3 is 4.74 Å². The zero-order valence-corrected chi connectivity index (χ0v) is 17.2. The molecule has 0 saturated carbocycles. The van der Waals surface area contributed by atoms with Crippen molar-refractivity contribution in [1.82, 2.24) is 15.6 Å². The topological polar surface area (TPSA) is 79.4 Å². The minimum absolute atomic E-state index is 0.293. The Morgan fingerprint density at radius 1 is 1.03 bits per heavy atom. The highest BCUT2D eigenvalue weighted by molar-refractivity contribution is 6.31. The van der Waals surface area contributed by atoms with Crippen LogP contribution < -0.4 is 10.2 Å². The summed E-state index contributed by atoms with van der Waals surface area (Å²) in [6.07, 6.45) is 1.58. The van der Waals surface area contributed by atoms with Gasteiger partial charge >= 0.3 is 0 Å². The number of aromatic amines is 1. The van der Waals surface area contributed by atoms with Crippen molar-refractivity contribution in [3.8, 4) is 17.0 Å². The largest absolute Gasteiger partial charge is 0.488 e. The van der Waals surface area contributed by atoms with Gasteiger partial charge in [0.25, 0.3) is 5.91 Å². The van der Waals surface area contributed by atoms with Gasteiger partial charge in [-0.1, -0.05) is 72.3 Å². The van der Waals surface area contributed by atoms with E-state index in [1.807, 2.05) is 78.9 Å². The number of hydrazone groups is 1.